The summed E-state index contributed by atoms with van der Waals surface area (Å²) in [5, 5.41) is 0. The van der Waals surface area contributed by atoms with Crippen LogP contribution in [0.1, 0.15) is 23.0 Å². The van der Waals surface area contributed by atoms with Crippen LogP contribution in [0.3, 0.4) is 0 Å². The minimum Gasteiger partial charge on any atom is -0.352 e. The molecular formula is C20H22N6O2. The van der Waals surface area contributed by atoms with Crippen LogP contribution in [0.25, 0.3) is 11.0 Å². The van der Waals surface area contributed by atoms with Gasteiger partial charge in [-0.25, -0.2) is 9.97 Å². The number of amides is 1. The Labute approximate surface area is 162 Å². The highest BCUT2D eigenvalue weighted by Crippen LogP contribution is 2.17. The fourth-order valence-corrected chi connectivity index (χ4v) is 3.60. The van der Waals surface area contributed by atoms with Crippen molar-refractivity contribution in [3.63, 3.8) is 0 Å². The summed E-state index contributed by atoms with van der Waals surface area (Å²) in [7, 11) is 0. The van der Waals surface area contributed by atoms with Crippen molar-refractivity contribution in [3.05, 3.63) is 58.4 Å². The number of benzene rings is 1. The van der Waals surface area contributed by atoms with E-state index in [1.54, 1.807) is 42.2 Å². The lowest BCUT2D eigenvalue weighted by Gasteiger charge is -2.35. The maximum Gasteiger partial charge on any atom is 0.272 e. The van der Waals surface area contributed by atoms with Crippen LogP contribution in [0.4, 0.5) is 5.82 Å². The summed E-state index contributed by atoms with van der Waals surface area (Å²) >= 11 is 0. The van der Waals surface area contributed by atoms with Gasteiger partial charge in [-0.05, 0) is 32.0 Å². The van der Waals surface area contributed by atoms with Crippen LogP contribution in [0, 0.1) is 6.92 Å². The number of aromatic nitrogens is 4. The molecule has 0 radical (unpaired) electrons. The molecule has 1 aliphatic heterocycles. The molecule has 0 aliphatic carbocycles. The predicted octanol–water partition coefficient (Wildman–Crippen LogP) is 1.48. The molecule has 1 saturated heterocycles. The van der Waals surface area contributed by atoms with Crippen LogP contribution in [-0.2, 0) is 6.54 Å². The number of nitrogens with zero attached hydrogens (tertiary/aromatic N) is 6. The van der Waals surface area contributed by atoms with Crippen LogP contribution >= 0.6 is 0 Å². The molecule has 1 aliphatic rings. The standard InChI is InChI=1S/C20H22N6O2/c1-3-26-17-5-4-15(12-16(17)23-14(2)19(26)27)20(28)25-10-8-24(9-11-25)18-13-21-6-7-22-18/h4-7,12-13H,3,8-11H2,1-2H3. The van der Waals surface area contributed by atoms with Crippen molar-refractivity contribution in [2.75, 3.05) is 31.1 Å². The quantitative estimate of drug-likeness (QED) is 0.686. The average Bonchev–Trinajstić information content (AvgIpc) is 2.74. The molecule has 1 fully saturated rings. The number of hydrogen-bond donors (Lipinski definition) is 0. The topological polar surface area (TPSA) is 84.2 Å². The van der Waals surface area contributed by atoms with Crippen molar-refractivity contribution in [2.45, 2.75) is 20.4 Å². The van der Waals surface area contributed by atoms with Crippen molar-refractivity contribution in [1.82, 2.24) is 24.4 Å². The van der Waals surface area contributed by atoms with Gasteiger partial charge in [0.15, 0.2) is 0 Å². The Kier molecular flexibility index (Phi) is 4.77. The fourth-order valence-electron chi connectivity index (χ4n) is 3.60. The molecule has 1 amide bonds. The van der Waals surface area contributed by atoms with Crippen molar-refractivity contribution in [2.24, 2.45) is 0 Å². The van der Waals surface area contributed by atoms with E-state index in [9.17, 15) is 9.59 Å². The van der Waals surface area contributed by atoms with E-state index in [0.29, 0.717) is 49.5 Å². The maximum atomic E-state index is 13.0. The molecule has 0 saturated carbocycles. The minimum absolute atomic E-state index is 0.0191. The molecule has 3 heterocycles. The average molecular weight is 378 g/mol. The first-order valence-corrected chi connectivity index (χ1v) is 9.40. The summed E-state index contributed by atoms with van der Waals surface area (Å²) in [5.74, 6) is 0.812. The minimum atomic E-state index is -0.0887. The van der Waals surface area contributed by atoms with Crippen molar-refractivity contribution in [1.29, 1.82) is 0 Å². The molecule has 3 aromatic rings. The van der Waals surface area contributed by atoms with E-state index in [4.69, 9.17) is 0 Å². The lowest BCUT2D eigenvalue weighted by atomic mass is 10.1. The van der Waals surface area contributed by atoms with Crippen LogP contribution < -0.4 is 10.5 Å². The van der Waals surface area contributed by atoms with Gasteiger partial charge < -0.3 is 14.4 Å². The van der Waals surface area contributed by atoms with Crippen LogP contribution in [0.5, 0.6) is 0 Å². The second-order valence-electron chi connectivity index (χ2n) is 6.79. The molecule has 4 rings (SSSR count). The first-order chi connectivity index (χ1) is 13.6. The normalized spacial score (nSPS) is 14.5. The molecule has 2 aromatic heterocycles. The highest BCUT2D eigenvalue weighted by atomic mass is 16.2. The molecule has 8 heteroatoms. The fraction of sp³-hybridized carbons (Fsp3) is 0.350. The molecule has 8 nitrogen and oxygen atoms in total. The third-order valence-electron chi connectivity index (χ3n) is 5.11. The maximum absolute atomic E-state index is 13.0. The Balaban J connectivity index is 1.55. The number of fused-ring (bicyclic) bond motifs is 1. The molecule has 0 spiro atoms. The Morgan fingerprint density at radius 2 is 1.93 bits per heavy atom. The highest BCUT2D eigenvalue weighted by Gasteiger charge is 2.23. The largest absolute Gasteiger partial charge is 0.352 e. The van der Waals surface area contributed by atoms with E-state index in [2.05, 4.69) is 19.9 Å². The van der Waals surface area contributed by atoms with E-state index < -0.39 is 0 Å². The third kappa shape index (κ3) is 3.21. The number of aryl methyl sites for hydroxylation is 2. The lowest BCUT2D eigenvalue weighted by molar-refractivity contribution is 0.0746. The van der Waals surface area contributed by atoms with E-state index in [0.717, 1.165) is 11.3 Å². The molecule has 28 heavy (non-hydrogen) atoms. The number of rotatable bonds is 3. The van der Waals surface area contributed by atoms with Gasteiger partial charge >= 0.3 is 0 Å². The zero-order valence-electron chi connectivity index (χ0n) is 16.0. The van der Waals surface area contributed by atoms with E-state index >= 15 is 0 Å². The molecule has 0 atom stereocenters. The Morgan fingerprint density at radius 3 is 2.61 bits per heavy atom. The molecule has 144 valence electrons. The van der Waals surface area contributed by atoms with Gasteiger partial charge in [-0.1, -0.05) is 0 Å². The van der Waals surface area contributed by atoms with Gasteiger partial charge in [-0.2, -0.15) is 0 Å². The number of carbonyl (C=O) groups excluding carboxylic acids is 1. The smallest absolute Gasteiger partial charge is 0.272 e. The van der Waals surface area contributed by atoms with Crippen molar-refractivity contribution >= 4 is 22.8 Å². The molecular weight excluding hydrogens is 356 g/mol. The number of piperazine rings is 1. The van der Waals surface area contributed by atoms with Crippen LogP contribution in [-0.4, -0.2) is 56.5 Å². The monoisotopic (exact) mass is 378 g/mol. The summed E-state index contributed by atoms with van der Waals surface area (Å²) < 4.78 is 1.69. The van der Waals surface area contributed by atoms with Crippen LogP contribution in [0.2, 0.25) is 0 Å². The lowest BCUT2D eigenvalue weighted by Crippen LogP contribution is -2.49. The molecule has 0 N–H and O–H groups in total. The van der Waals surface area contributed by atoms with Gasteiger partial charge in [0, 0.05) is 50.7 Å². The van der Waals surface area contributed by atoms with Gasteiger partial charge in [-0.3, -0.25) is 14.6 Å². The Hall–Kier alpha value is -3.29. The summed E-state index contributed by atoms with van der Waals surface area (Å²) in [5.41, 5.74) is 2.37. The molecule has 1 aromatic carbocycles. The van der Waals surface area contributed by atoms with E-state index in [1.165, 1.54) is 0 Å². The Bertz CT molecular complexity index is 1070. The summed E-state index contributed by atoms with van der Waals surface area (Å²) in [6.45, 7) is 6.86. The first kappa shape index (κ1) is 18.1. The van der Waals surface area contributed by atoms with Gasteiger partial charge in [0.1, 0.15) is 11.5 Å². The molecule has 0 bridgehead atoms. The Morgan fingerprint density at radius 1 is 1.14 bits per heavy atom. The summed E-state index contributed by atoms with van der Waals surface area (Å²) in [4.78, 5) is 42.0. The van der Waals surface area contributed by atoms with Crippen molar-refractivity contribution in [3.8, 4) is 0 Å². The predicted molar refractivity (Wildman–Crippen MR) is 107 cm³/mol. The first-order valence-electron chi connectivity index (χ1n) is 9.40. The van der Waals surface area contributed by atoms with Gasteiger partial charge in [0.2, 0.25) is 0 Å². The summed E-state index contributed by atoms with van der Waals surface area (Å²) in [6, 6.07) is 5.38. The SMILES string of the molecule is CCn1c(=O)c(C)nc2cc(C(=O)N3CCN(c4cnccn4)CC3)ccc21. The number of anilines is 1. The van der Waals surface area contributed by atoms with E-state index in [-0.39, 0.29) is 11.5 Å². The highest BCUT2D eigenvalue weighted by molar-refractivity contribution is 5.97. The van der Waals surface area contributed by atoms with Gasteiger partial charge in [0.05, 0.1) is 17.2 Å². The second kappa shape index (κ2) is 7.38. The summed E-state index contributed by atoms with van der Waals surface area (Å²) in [6.07, 6.45) is 5.06. The zero-order valence-corrected chi connectivity index (χ0v) is 16.0. The van der Waals surface area contributed by atoms with Gasteiger partial charge in [-0.15, -0.1) is 0 Å². The number of hydrogen-bond acceptors (Lipinski definition) is 6. The third-order valence-corrected chi connectivity index (χ3v) is 5.11. The zero-order chi connectivity index (χ0) is 19.7. The van der Waals surface area contributed by atoms with E-state index in [1.807, 2.05) is 17.9 Å². The van der Waals surface area contributed by atoms with Crippen molar-refractivity contribution < 1.29 is 4.79 Å². The number of carbonyl (C=O) groups is 1. The van der Waals surface area contributed by atoms with Crippen LogP contribution in [0.15, 0.2) is 41.6 Å². The second-order valence-corrected chi connectivity index (χ2v) is 6.79. The molecule has 0 unspecified atom stereocenters. The van der Waals surface area contributed by atoms with Gasteiger partial charge in [0.25, 0.3) is 11.5 Å².